The van der Waals surface area contributed by atoms with E-state index in [-0.39, 0.29) is 11.9 Å². The maximum atomic E-state index is 12.0. The smallest absolute Gasteiger partial charge is 0.318 e. The van der Waals surface area contributed by atoms with Crippen LogP contribution in [-0.4, -0.2) is 36.3 Å². The molecule has 4 heteroatoms. The van der Waals surface area contributed by atoms with Gasteiger partial charge in [0, 0.05) is 13.1 Å². The second-order valence-electron chi connectivity index (χ2n) is 4.83. The van der Waals surface area contributed by atoms with E-state index < -0.39 is 6.04 Å². The zero-order chi connectivity index (χ0) is 12.7. The Labute approximate surface area is 104 Å². The van der Waals surface area contributed by atoms with E-state index in [4.69, 9.17) is 0 Å². The Morgan fingerprint density at radius 3 is 2.35 bits per heavy atom. The molecule has 0 spiro atoms. The van der Waals surface area contributed by atoms with Gasteiger partial charge >= 0.3 is 6.03 Å². The number of nitrogens with one attached hydrogen (secondary N) is 1. The second kappa shape index (κ2) is 7.30. The van der Waals surface area contributed by atoms with E-state index in [0.29, 0.717) is 0 Å². The average Bonchev–Trinajstić information content (AvgIpc) is 2.63. The first-order chi connectivity index (χ1) is 8.19. The summed E-state index contributed by atoms with van der Waals surface area (Å²) in [5, 5.41) is 2.78. The van der Waals surface area contributed by atoms with Gasteiger partial charge in [-0.3, -0.25) is 4.79 Å². The molecule has 4 nitrogen and oxygen atoms in total. The van der Waals surface area contributed by atoms with Crippen molar-refractivity contribution in [2.45, 2.75) is 52.0 Å². The molecule has 0 bridgehead atoms. The first-order valence-electron chi connectivity index (χ1n) is 6.62. The van der Waals surface area contributed by atoms with Gasteiger partial charge in [0.25, 0.3) is 0 Å². The normalized spacial score (nSPS) is 20.2. The van der Waals surface area contributed by atoms with Gasteiger partial charge < -0.3 is 10.2 Å². The van der Waals surface area contributed by atoms with Crippen molar-refractivity contribution in [1.82, 2.24) is 10.2 Å². The fraction of sp³-hybridized carbons (Fsp3) is 0.846. The lowest BCUT2D eigenvalue weighted by Gasteiger charge is -2.25. The summed E-state index contributed by atoms with van der Waals surface area (Å²) in [5.41, 5.74) is 0. The summed E-state index contributed by atoms with van der Waals surface area (Å²) >= 11 is 0. The highest BCUT2D eigenvalue weighted by molar-refractivity contribution is 5.78. The molecule has 1 rings (SSSR count). The van der Waals surface area contributed by atoms with Crippen molar-refractivity contribution in [1.29, 1.82) is 0 Å². The van der Waals surface area contributed by atoms with Crippen LogP contribution in [-0.2, 0) is 4.79 Å². The molecule has 1 aliphatic rings. The van der Waals surface area contributed by atoms with Crippen LogP contribution >= 0.6 is 0 Å². The molecule has 2 amide bonds. The lowest BCUT2D eigenvalue weighted by atomic mass is 10.0. The number of hydrogen-bond acceptors (Lipinski definition) is 2. The SMILES string of the molecule is CC[C@H](C)[C@@H]([C]=O)NC(=O)N1CCCCCC1. The number of amides is 2. The fourth-order valence-electron chi connectivity index (χ4n) is 2.02. The van der Waals surface area contributed by atoms with Gasteiger partial charge in [-0.05, 0) is 18.8 Å². The molecule has 0 aromatic rings. The number of carbonyl (C=O) groups is 1. The summed E-state index contributed by atoms with van der Waals surface area (Å²) in [5.74, 6) is 0.142. The van der Waals surface area contributed by atoms with E-state index in [9.17, 15) is 9.59 Å². The standard InChI is InChI=1S/C13H23N2O2/c1-3-11(2)12(10-16)14-13(17)15-8-6-4-5-7-9-15/h11-12H,3-9H2,1-2H3,(H,14,17)/t11-,12+/m0/s1. The predicted molar refractivity (Wildman–Crippen MR) is 67.5 cm³/mol. The van der Waals surface area contributed by atoms with Gasteiger partial charge in [-0.25, -0.2) is 4.79 Å². The molecule has 1 heterocycles. The minimum absolute atomic E-state index is 0.111. The van der Waals surface area contributed by atoms with Gasteiger partial charge in [0.1, 0.15) is 0 Å². The molecule has 1 radical (unpaired) electrons. The Balaban J connectivity index is 2.47. The molecule has 0 aromatic carbocycles. The van der Waals surface area contributed by atoms with Crippen LogP contribution in [0.3, 0.4) is 0 Å². The first-order valence-corrected chi connectivity index (χ1v) is 6.62. The van der Waals surface area contributed by atoms with E-state index in [1.807, 2.05) is 25.0 Å². The molecule has 1 N–H and O–H groups in total. The van der Waals surface area contributed by atoms with E-state index in [0.717, 1.165) is 32.4 Å². The Bertz CT molecular complexity index is 248. The van der Waals surface area contributed by atoms with E-state index in [1.165, 1.54) is 12.8 Å². The zero-order valence-corrected chi connectivity index (χ0v) is 10.9. The van der Waals surface area contributed by atoms with Crippen LogP contribution in [0.1, 0.15) is 46.0 Å². The molecule has 17 heavy (non-hydrogen) atoms. The van der Waals surface area contributed by atoms with Crippen molar-refractivity contribution < 1.29 is 9.59 Å². The summed E-state index contributed by atoms with van der Waals surface area (Å²) < 4.78 is 0. The summed E-state index contributed by atoms with van der Waals surface area (Å²) in [7, 11) is 0. The van der Waals surface area contributed by atoms with Crippen molar-refractivity contribution in [2.24, 2.45) is 5.92 Å². The number of nitrogens with zero attached hydrogens (tertiary/aromatic N) is 1. The third-order valence-corrected chi connectivity index (χ3v) is 3.51. The Kier molecular flexibility index (Phi) is 6.01. The molecule has 0 saturated carbocycles. The van der Waals surface area contributed by atoms with Gasteiger partial charge in [0.2, 0.25) is 6.29 Å². The highest BCUT2D eigenvalue weighted by Crippen LogP contribution is 2.11. The van der Waals surface area contributed by atoms with Crippen molar-refractivity contribution in [2.75, 3.05) is 13.1 Å². The molecule has 97 valence electrons. The van der Waals surface area contributed by atoms with Crippen molar-refractivity contribution in [3.8, 4) is 0 Å². The Morgan fingerprint density at radius 2 is 1.88 bits per heavy atom. The molecule has 1 aliphatic heterocycles. The molecule has 0 aliphatic carbocycles. The summed E-state index contributed by atoms with van der Waals surface area (Å²) in [6.07, 6.45) is 7.30. The number of urea groups is 1. The lowest BCUT2D eigenvalue weighted by Crippen LogP contribution is -2.48. The maximum absolute atomic E-state index is 12.0. The van der Waals surface area contributed by atoms with E-state index >= 15 is 0 Å². The molecule has 1 saturated heterocycles. The van der Waals surface area contributed by atoms with Crippen molar-refractivity contribution in [3.05, 3.63) is 0 Å². The van der Waals surface area contributed by atoms with E-state index in [1.54, 1.807) is 0 Å². The van der Waals surface area contributed by atoms with Crippen molar-refractivity contribution >= 4 is 12.3 Å². The molecule has 0 aromatic heterocycles. The third-order valence-electron chi connectivity index (χ3n) is 3.51. The summed E-state index contributed by atoms with van der Waals surface area (Å²) in [6, 6.07) is -0.587. The minimum atomic E-state index is -0.476. The number of carbonyl (C=O) groups excluding carboxylic acids is 2. The number of hydrogen-bond donors (Lipinski definition) is 1. The predicted octanol–water partition coefficient (Wildman–Crippen LogP) is 2.10. The van der Waals surface area contributed by atoms with Gasteiger partial charge in [-0.2, -0.15) is 0 Å². The Hall–Kier alpha value is -1.06. The largest absolute Gasteiger partial charge is 0.327 e. The fourth-order valence-corrected chi connectivity index (χ4v) is 2.02. The summed E-state index contributed by atoms with van der Waals surface area (Å²) in [6.45, 7) is 5.57. The molecule has 0 unspecified atom stereocenters. The molecule has 2 atom stereocenters. The van der Waals surface area contributed by atoms with Crippen LogP contribution in [0.15, 0.2) is 0 Å². The topological polar surface area (TPSA) is 49.4 Å². The quantitative estimate of drug-likeness (QED) is 0.816. The van der Waals surface area contributed by atoms with Crippen LogP contribution in [0, 0.1) is 5.92 Å². The summed E-state index contributed by atoms with van der Waals surface area (Å²) in [4.78, 5) is 24.6. The highest BCUT2D eigenvalue weighted by Gasteiger charge is 2.22. The second-order valence-corrected chi connectivity index (χ2v) is 4.83. The minimum Gasteiger partial charge on any atom is -0.327 e. The van der Waals surface area contributed by atoms with Crippen molar-refractivity contribution in [3.63, 3.8) is 0 Å². The van der Waals surface area contributed by atoms with Crippen LogP contribution in [0.25, 0.3) is 0 Å². The zero-order valence-electron chi connectivity index (χ0n) is 10.9. The molecular formula is C13H23N2O2. The third kappa shape index (κ3) is 4.36. The average molecular weight is 239 g/mol. The van der Waals surface area contributed by atoms with Crippen LogP contribution < -0.4 is 5.32 Å². The number of likely N-dealkylation sites (tertiary alicyclic amines) is 1. The monoisotopic (exact) mass is 239 g/mol. The van der Waals surface area contributed by atoms with Gasteiger partial charge in [0.05, 0.1) is 6.04 Å². The van der Waals surface area contributed by atoms with E-state index in [2.05, 4.69) is 5.32 Å². The van der Waals surface area contributed by atoms with Crippen LogP contribution in [0.2, 0.25) is 0 Å². The molecular weight excluding hydrogens is 216 g/mol. The van der Waals surface area contributed by atoms with Crippen LogP contribution in [0.4, 0.5) is 4.79 Å². The molecule has 1 fully saturated rings. The van der Waals surface area contributed by atoms with Gasteiger partial charge in [-0.1, -0.05) is 33.1 Å². The van der Waals surface area contributed by atoms with Gasteiger partial charge in [0.15, 0.2) is 0 Å². The maximum Gasteiger partial charge on any atom is 0.318 e. The van der Waals surface area contributed by atoms with Gasteiger partial charge in [-0.15, -0.1) is 0 Å². The number of rotatable bonds is 4. The highest BCUT2D eigenvalue weighted by atomic mass is 16.2. The first kappa shape index (κ1) is 14.0. The lowest BCUT2D eigenvalue weighted by molar-refractivity contribution is 0.195. The Morgan fingerprint density at radius 1 is 1.29 bits per heavy atom. The van der Waals surface area contributed by atoms with Crippen LogP contribution in [0.5, 0.6) is 0 Å².